The second-order valence-electron chi connectivity index (χ2n) is 7.88. The lowest BCUT2D eigenvalue weighted by molar-refractivity contribution is -0.143. The van der Waals surface area contributed by atoms with Crippen LogP contribution in [0.4, 0.5) is 36.4 Å². The summed E-state index contributed by atoms with van der Waals surface area (Å²) in [6.45, 7) is -0.410. The van der Waals surface area contributed by atoms with E-state index in [9.17, 15) is 35.5 Å². The van der Waals surface area contributed by atoms with Gasteiger partial charge in [0.1, 0.15) is 18.1 Å². The number of anilines is 1. The van der Waals surface area contributed by atoms with Crippen LogP contribution in [0.5, 0.6) is 0 Å². The van der Waals surface area contributed by atoms with Gasteiger partial charge in [-0.1, -0.05) is 6.07 Å². The number of aromatic nitrogens is 4. The number of rotatable bonds is 6. The highest BCUT2D eigenvalue weighted by atomic mass is 19.4. The first-order chi connectivity index (χ1) is 17.3. The second-order valence-corrected chi connectivity index (χ2v) is 7.88. The highest BCUT2D eigenvalue weighted by Gasteiger charge is 2.38. The molecular formula is C23H16F7N5O2. The summed E-state index contributed by atoms with van der Waals surface area (Å²) in [7, 11) is 1.66. The Hall–Kier alpha value is -4.23. The van der Waals surface area contributed by atoms with Gasteiger partial charge in [0.25, 0.3) is 5.89 Å². The van der Waals surface area contributed by atoms with Crippen molar-refractivity contribution in [3.63, 3.8) is 0 Å². The molecule has 0 N–H and O–H groups in total. The van der Waals surface area contributed by atoms with Crippen molar-refractivity contribution in [1.82, 2.24) is 20.0 Å². The average molecular weight is 527 g/mol. The van der Waals surface area contributed by atoms with E-state index in [1.807, 2.05) is 0 Å². The maximum absolute atomic E-state index is 13.6. The standard InChI is InChI=1S/C23H16F7N5O2/c1-34-9-8-18(33-34)21-32-31-19(37-21)12-35(16-6-4-15(24)5-7-16)20(36)10-13-2-3-14(22(25,26)27)11-17(13)23(28,29)30/h2-9,11H,10,12H2,1H3. The fourth-order valence-corrected chi connectivity index (χ4v) is 3.46. The summed E-state index contributed by atoms with van der Waals surface area (Å²) in [5.41, 5.74) is -3.34. The lowest BCUT2D eigenvalue weighted by Crippen LogP contribution is -2.32. The molecule has 0 aliphatic heterocycles. The van der Waals surface area contributed by atoms with Crippen LogP contribution >= 0.6 is 0 Å². The third-order valence-electron chi connectivity index (χ3n) is 5.22. The monoisotopic (exact) mass is 527 g/mol. The molecule has 0 unspecified atom stereocenters. The number of carbonyl (C=O) groups excluding carboxylic acids is 1. The van der Waals surface area contributed by atoms with Crippen LogP contribution in [-0.2, 0) is 37.2 Å². The Morgan fingerprint density at radius 3 is 2.27 bits per heavy atom. The molecule has 4 rings (SSSR count). The van der Waals surface area contributed by atoms with Crippen molar-refractivity contribution in [3.8, 4) is 11.6 Å². The molecule has 2 aromatic heterocycles. The Morgan fingerprint density at radius 2 is 1.68 bits per heavy atom. The van der Waals surface area contributed by atoms with Gasteiger partial charge in [-0.3, -0.25) is 9.48 Å². The molecule has 14 heteroatoms. The quantitative estimate of drug-likeness (QED) is 0.313. The van der Waals surface area contributed by atoms with E-state index in [0.717, 1.165) is 17.0 Å². The van der Waals surface area contributed by atoms with Crippen LogP contribution in [0, 0.1) is 5.82 Å². The highest BCUT2D eigenvalue weighted by molar-refractivity contribution is 5.94. The lowest BCUT2D eigenvalue weighted by atomic mass is 10.00. The molecule has 0 saturated carbocycles. The van der Waals surface area contributed by atoms with E-state index in [-0.39, 0.29) is 23.5 Å². The van der Waals surface area contributed by atoms with Gasteiger partial charge in [-0.05, 0) is 48.0 Å². The summed E-state index contributed by atoms with van der Waals surface area (Å²) in [4.78, 5) is 14.1. The molecule has 0 fully saturated rings. The Balaban J connectivity index is 1.66. The number of alkyl halides is 6. The average Bonchev–Trinajstić information content (AvgIpc) is 3.46. The van der Waals surface area contributed by atoms with Gasteiger partial charge < -0.3 is 9.32 Å². The van der Waals surface area contributed by atoms with E-state index < -0.39 is 53.7 Å². The van der Waals surface area contributed by atoms with Gasteiger partial charge in [0.05, 0.1) is 17.5 Å². The van der Waals surface area contributed by atoms with Gasteiger partial charge >= 0.3 is 12.4 Å². The molecule has 194 valence electrons. The normalized spacial score (nSPS) is 12.1. The van der Waals surface area contributed by atoms with Gasteiger partial charge in [-0.25, -0.2) is 4.39 Å². The summed E-state index contributed by atoms with van der Waals surface area (Å²) >= 11 is 0. The molecule has 7 nitrogen and oxygen atoms in total. The Labute approximate surface area is 204 Å². The highest BCUT2D eigenvalue weighted by Crippen LogP contribution is 2.37. The predicted octanol–water partition coefficient (Wildman–Crippen LogP) is 5.42. The van der Waals surface area contributed by atoms with Crippen LogP contribution < -0.4 is 4.90 Å². The molecule has 0 aliphatic carbocycles. The van der Waals surface area contributed by atoms with Crippen molar-refractivity contribution in [3.05, 3.63) is 83.1 Å². The maximum atomic E-state index is 13.6. The number of nitrogens with zero attached hydrogens (tertiary/aromatic N) is 5. The minimum absolute atomic E-state index is 0.0178. The van der Waals surface area contributed by atoms with Crippen molar-refractivity contribution >= 4 is 11.6 Å². The molecule has 0 radical (unpaired) electrons. The summed E-state index contributed by atoms with van der Waals surface area (Å²) in [6.07, 6.45) is -9.45. The topological polar surface area (TPSA) is 77.0 Å². The first-order valence-electron chi connectivity index (χ1n) is 10.5. The summed E-state index contributed by atoms with van der Waals surface area (Å²) in [6, 6.07) is 7.10. The molecule has 0 atom stereocenters. The van der Waals surface area contributed by atoms with Gasteiger partial charge in [-0.15, -0.1) is 10.2 Å². The molecule has 4 aromatic rings. The first kappa shape index (κ1) is 25.9. The fourth-order valence-electron chi connectivity index (χ4n) is 3.46. The minimum atomic E-state index is -5.15. The van der Waals surface area contributed by atoms with Crippen molar-refractivity contribution in [2.24, 2.45) is 7.05 Å². The molecule has 0 bridgehead atoms. The maximum Gasteiger partial charge on any atom is 0.416 e. The molecule has 0 spiro atoms. The first-order valence-corrected chi connectivity index (χ1v) is 10.5. The molecular weight excluding hydrogens is 511 g/mol. The van der Waals surface area contributed by atoms with Crippen molar-refractivity contribution in [2.75, 3.05) is 4.90 Å². The number of hydrogen-bond donors (Lipinski definition) is 0. The third-order valence-corrected chi connectivity index (χ3v) is 5.22. The van der Waals surface area contributed by atoms with Crippen LogP contribution in [0.2, 0.25) is 0 Å². The zero-order valence-corrected chi connectivity index (χ0v) is 18.8. The van der Waals surface area contributed by atoms with E-state index in [4.69, 9.17) is 4.42 Å². The zero-order chi connectivity index (χ0) is 27.0. The largest absolute Gasteiger partial charge is 0.417 e. The third kappa shape index (κ3) is 5.95. The van der Waals surface area contributed by atoms with Crippen LogP contribution in [0.3, 0.4) is 0 Å². The number of aryl methyl sites for hydroxylation is 1. The number of amides is 1. The number of carbonyl (C=O) groups is 1. The van der Waals surface area contributed by atoms with E-state index in [1.54, 1.807) is 19.3 Å². The molecule has 2 heterocycles. The summed E-state index contributed by atoms with van der Waals surface area (Å²) in [5.74, 6) is -1.66. The molecule has 0 saturated heterocycles. The lowest BCUT2D eigenvalue weighted by Gasteiger charge is -2.23. The van der Waals surface area contributed by atoms with Crippen LogP contribution in [0.25, 0.3) is 11.6 Å². The van der Waals surface area contributed by atoms with E-state index in [0.29, 0.717) is 17.8 Å². The van der Waals surface area contributed by atoms with Gasteiger partial charge in [0.2, 0.25) is 11.8 Å². The van der Waals surface area contributed by atoms with Crippen molar-refractivity contribution in [1.29, 1.82) is 0 Å². The summed E-state index contributed by atoms with van der Waals surface area (Å²) in [5, 5.41) is 11.8. The number of halogens is 7. The molecule has 0 aliphatic rings. The van der Waals surface area contributed by atoms with Crippen LogP contribution in [-0.4, -0.2) is 25.9 Å². The minimum Gasteiger partial charge on any atom is -0.417 e. The predicted molar refractivity (Wildman–Crippen MR) is 114 cm³/mol. The van der Waals surface area contributed by atoms with Crippen LogP contribution in [0.1, 0.15) is 22.6 Å². The number of benzene rings is 2. The summed E-state index contributed by atoms with van der Waals surface area (Å²) < 4.78 is 100. The van der Waals surface area contributed by atoms with Gasteiger partial charge in [-0.2, -0.15) is 31.4 Å². The second kappa shape index (κ2) is 9.67. The van der Waals surface area contributed by atoms with E-state index >= 15 is 0 Å². The van der Waals surface area contributed by atoms with Crippen molar-refractivity contribution in [2.45, 2.75) is 25.3 Å². The molecule has 37 heavy (non-hydrogen) atoms. The Morgan fingerprint density at radius 1 is 0.973 bits per heavy atom. The van der Waals surface area contributed by atoms with E-state index in [1.165, 1.54) is 16.8 Å². The number of hydrogen-bond acceptors (Lipinski definition) is 5. The molecule has 2 aromatic carbocycles. The van der Waals surface area contributed by atoms with Gasteiger partial charge in [0.15, 0.2) is 0 Å². The van der Waals surface area contributed by atoms with Crippen LogP contribution in [0.15, 0.2) is 59.1 Å². The smallest absolute Gasteiger partial charge is 0.416 e. The molecule has 1 amide bonds. The Kier molecular flexibility index (Phi) is 6.76. The van der Waals surface area contributed by atoms with Gasteiger partial charge in [0, 0.05) is 18.9 Å². The SMILES string of the molecule is Cn1ccc(-c2nnc(CN(C(=O)Cc3ccc(C(F)(F)F)cc3C(F)(F)F)c3ccc(F)cc3)o2)n1. The van der Waals surface area contributed by atoms with Crippen molar-refractivity contribution < 1.29 is 39.9 Å². The Bertz CT molecular complexity index is 1410. The zero-order valence-electron chi connectivity index (χ0n) is 18.8. The fraction of sp³-hybridized carbons (Fsp3) is 0.217. The van der Waals surface area contributed by atoms with E-state index in [2.05, 4.69) is 15.3 Å².